The fraction of sp³-hybridized carbons (Fsp3) is 0.263. The molecule has 1 heterocycles. The van der Waals surface area contributed by atoms with Crippen molar-refractivity contribution in [1.29, 1.82) is 0 Å². The Balaban J connectivity index is 2.04. The Morgan fingerprint density at radius 1 is 1.17 bits per heavy atom. The first kappa shape index (κ1) is 21.8. The van der Waals surface area contributed by atoms with Crippen molar-refractivity contribution in [3.63, 3.8) is 0 Å². The lowest BCUT2D eigenvalue weighted by molar-refractivity contribution is -0.384. The topological polar surface area (TPSA) is 114 Å². The molecule has 1 amide bonds. The van der Waals surface area contributed by atoms with Crippen molar-refractivity contribution < 1.29 is 18.1 Å². The van der Waals surface area contributed by atoms with Gasteiger partial charge in [0.15, 0.2) is 15.0 Å². The number of sulfone groups is 1. The number of nitro groups is 1. The van der Waals surface area contributed by atoms with Crippen molar-refractivity contribution in [2.75, 3.05) is 38.3 Å². The minimum Gasteiger partial charge on any atom is -0.308 e. The van der Waals surface area contributed by atoms with Crippen LogP contribution in [0.3, 0.4) is 0 Å². The summed E-state index contributed by atoms with van der Waals surface area (Å²) in [6.45, 7) is 0.860. The molecule has 3 rings (SSSR count). The maximum absolute atomic E-state index is 13.2. The van der Waals surface area contributed by atoms with E-state index in [1.807, 2.05) is 19.0 Å². The Morgan fingerprint density at radius 3 is 2.53 bits per heavy atom. The summed E-state index contributed by atoms with van der Waals surface area (Å²) in [6.07, 6.45) is 1.13. The molecule has 0 N–H and O–H groups in total. The first-order valence-corrected chi connectivity index (χ1v) is 11.6. The highest BCUT2D eigenvalue weighted by molar-refractivity contribution is 7.90. The third kappa shape index (κ3) is 4.81. The molecule has 9 nitrogen and oxygen atoms in total. The predicted octanol–water partition coefficient (Wildman–Crippen LogP) is 2.82. The molecule has 0 atom stereocenters. The van der Waals surface area contributed by atoms with Crippen molar-refractivity contribution in [1.82, 2.24) is 9.88 Å². The monoisotopic (exact) mass is 448 g/mol. The molecule has 0 fully saturated rings. The highest BCUT2D eigenvalue weighted by Crippen LogP contribution is 2.31. The molecule has 0 aliphatic carbocycles. The van der Waals surface area contributed by atoms with Crippen LogP contribution in [0.5, 0.6) is 0 Å². The Hall–Kier alpha value is -2.89. The van der Waals surface area contributed by atoms with Gasteiger partial charge >= 0.3 is 0 Å². The van der Waals surface area contributed by atoms with Crippen LogP contribution in [0.15, 0.2) is 47.4 Å². The van der Waals surface area contributed by atoms with Gasteiger partial charge < -0.3 is 4.90 Å². The number of aromatic nitrogens is 1. The second-order valence-electron chi connectivity index (χ2n) is 6.97. The Labute approximate surface area is 177 Å². The van der Waals surface area contributed by atoms with Gasteiger partial charge in [0.05, 0.1) is 20.0 Å². The summed E-state index contributed by atoms with van der Waals surface area (Å²) in [7, 11) is 0.364. The molecule has 1 aromatic heterocycles. The second kappa shape index (κ2) is 8.46. The number of hydrogen-bond acceptors (Lipinski definition) is 8. The minimum absolute atomic E-state index is 0.171. The molecule has 0 bridgehead atoms. The fourth-order valence-corrected chi connectivity index (χ4v) is 4.48. The molecule has 0 spiro atoms. The number of carbonyl (C=O) groups is 1. The van der Waals surface area contributed by atoms with Gasteiger partial charge in [-0.05, 0) is 38.4 Å². The summed E-state index contributed by atoms with van der Waals surface area (Å²) < 4.78 is 24.3. The number of likely N-dealkylation sites (N-methyl/N-ethyl adjacent to an activating group) is 1. The summed E-state index contributed by atoms with van der Waals surface area (Å²) in [6, 6.07) is 10.2. The van der Waals surface area contributed by atoms with Crippen LogP contribution >= 0.6 is 11.3 Å². The van der Waals surface area contributed by atoms with E-state index in [0.717, 1.165) is 6.26 Å². The first-order valence-electron chi connectivity index (χ1n) is 8.88. The third-order valence-electron chi connectivity index (χ3n) is 4.33. The van der Waals surface area contributed by atoms with Crippen LogP contribution in [-0.4, -0.2) is 62.6 Å². The van der Waals surface area contributed by atoms with Crippen LogP contribution in [0.1, 0.15) is 10.4 Å². The predicted molar refractivity (Wildman–Crippen MR) is 116 cm³/mol. The number of amides is 1. The quantitative estimate of drug-likeness (QED) is 0.403. The molecule has 0 unspecified atom stereocenters. The van der Waals surface area contributed by atoms with Crippen LogP contribution in [0.4, 0.5) is 10.8 Å². The van der Waals surface area contributed by atoms with E-state index < -0.39 is 20.7 Å². The number of thiazole rings is 1. The number of nitro benzene ring substituents is 1. The number of non-ortho nitro benzene ring substituents is 1. The van der Waals surface area contributed by atoms with Crippen molar-refractivity contribution in [2.24, 2.45) is 0 Å². The molecule has 30 heavy (non-hydrogen) atoms. The SMILES string of the molecule is CN(C)CCN(C(=O)c1cccc([N+](=O)[O-])c1)c1nc2ccc(S(C)(=O)=O)cc2s1. The van der Waals surface area contributed by atoms with Crippen LogP contribution in [0.2, 0.25) is 0 Å². The van der Waals surface area contributed by atoms with Crippen LogP contribution < -0.4 is 4.90 Å². The number of nitrogens with zero attached hydrogens (tertiary/aromatic N) is 4. The zero-order valence-corrected chi connectivity index (χ0v) is 18.2. The lowest BCUT2D eigenvalue weighted by Gasteiger charge is -2.22. The molecule has 0 radical (unpaired) electrons. The first-order chi connectivity index (χ1) is 14.1. The maximum atomic E-state index is 13.2. The summed E-state index contributed by atoms with van der Waals surface area (Å²) in [4.78, 5) is 31.8. The molecule has 0 saturated heterocycles. The van der Waals surface area contributed by atoms with Gasteiger partial charge in [-0.25, -0.2) is 13.4 Å². The number of rotatable bonds is 7. The Bertz CT molecular complexity index is 1220. The van der Waals surface area contributed by atoms with Crippen molar-refractivity contribution in [2.45, 2.75) is 4.90 Å². The number of benzene rings is 2. The van der Waals surface area contributed by atoms with Crippen LogP contribution in [0.25, 0.3) is 10.2 Å². The largest absolute Gasteiger partial charge is 0.308 e. The van der Waals surface area contributed by atoms with Gasteiger partial charge in [-0.15, -0.1) is 0 Å². The molecule has 3 aromatic rings. The van der Waals surface area contributed by atoms with Gasteiger partial charge in [-0.3, -0.25) is 19.8 Å². The summed E-state index contributed by atoms with van der Waals surface area (Å²) in [5.41, 5.74) is 0.582. The van der Waals surface area contributed by atoms with Crippen LogP contribution in [0, 0.1) is 10.1 Å². The summed E-state index contributed by atoms with van der Waals surface area (Å²) in [5, 5.41) is 11.5. The molecule has 0 saturated carbocycles. The van der Waals surface area contributed by atoms with E-state index in [9.17, 15) is 23.3 Å². The molecule has 158 valence electrons. The smallest absolute Gasteiger partial charge is 0.270 e. The average Bonchev–Trinajstić information content (AvgIpc) is 3.10. The lowest BCUT2D eigenvalue weighted by Crippen LogP contribution is -2.36. The molecular weight excluding hydrogens is 428 g/mol. The minimum atomic E-state index is -3.37. The van der Waals surface area contributed by atoms with Crippen LogP contribution in [-0.2, 0) is 9.84 Å². The Morgan fingerprint density at radius 2 is 1.90 bits per heavy atom. The van der Waals surface area contributed by atoms with E-state index in [4.69, 9.17) is 0 Å². The van der Waals surface area contributed by atoms with E-state index in [2.05, 4.69) is 4.98 Å². The molecule has 11 heteroatoms. The van der Waals surface area contributed by atoms with Crippen molar-refractivity contribution in [3.05, 3.63) is 58.1 Å². The third-order valence-corrected chi connectivity index (χ3v) is 6.48. The second-order valence-corrected chi connectivity index (χ2v) is 9.99. The lowest BCUT2D eigenvalue weighted by atomic mass is 10.2. The van der Waals surface area contributed by atoms with E-state index >= 15 is 0 Å². The molecule has 0 aliphatic rings. The molecule has 2 aromatic carbocycles. The van der Waals surface area contributed by atoms with Gasteiger partial charge in [-0.2, -0.15) is 0 Å². The van der Waals surface area contributed by atoms with Gasteiger partial charge in [-0.1, -0.05) is 17.4 Å². The van der Waals surface area contributed by atoms with Crippen molar-refractivity contribution >= 4 is 48.1 Å². The average molecular weight is 449 g/mol. The van der Waals surface area contributed by atoms with E-state index in [0.29, 0.717) is 28.4 Å². The fourth-order valence-electron chi connectivity index (χ4n) is 2.73. The molecular formula is C19H20N4O5S2. The van der Waals surface area contributed by atoms with Gasteiger partial charge in [0.25, 0.3) is 11.6 Å². The zero-order chi connectivity index (χ0) is 22.1. The number of fused-ring (bicyclic) bond motifs is 1. The Kier molecular flexibility index (Phi) is 6.15. The summed E-state index contributed by atoms with van der Waals surface area (Å²) in [5.74, 6) is -0.414. The number of anilines is 1. The normalized spacial score (nSPS) is 11.7. The number of carbonyl (C=O) groups excluding carboxylic acids is 1. The van der Waals surface area contributed by atoms with E-state index in [1.165, 1.54) is 52.6 Å². The zero-order valence-electron chi connectivity index (χ0n) is 16.6. The highest BCUT2D eigenvalue weighted by Gasteiger charge is 2.23. The number of hydrogen-bond donors (Lipinski definition) is 0. The van der Waals surface area contributed by atoms with E-state index in [-0.39, 0.29) is 16.1 Å². The van der Waals surface area contributed by atoms with Gasteiger partial charge in [0, 0.05) is 37.0 Å². The maximum Gasteiger partial charge on any atom is 0.270 e. The van der Waals surface area contributed by atoms with Gasteiger partial charge in [0.2, 0.25) is 0 Å². The summed E-state index contributed by atoms with van der Waals surface area (Å²) >= 11 is 1.20. The highest BCUT2D eigenvalue weighted by atomic mass is 32.2. The van der Waals surface area contributed by atoms with E-state index in [1.54, 1.807) is 6.07 Å². The standard InChI is InChI=1S/C19H20N4O5S2/c1-21(2)9-10-22(18(24)13-5-4-6-14(11-13)23(25)26)19-20-16-8-7-15(30(3,27)28)12-17(16)29-19/h4-8,11-12H,9-10H2,1-3H3. The molecule has 0 aliphatic heterocycles. The van der Waals surface area contributed by atoms with Crippen molar-refractivity contribution in [3.8, 4) is 0 Å². The van der Waals surface area contributed by atoms with Gasteiger partial charge in [0.1, 0.15) is 0 Å².